The van der Waals surface area contributed by atoms with Crippen molar-refractivity contribution in [1.82, 2.24) is 15.1 Å². The number of aromatic nitrogens is 2. The van der Waals surface area contributed by atoms with Crippen LogP contribution in [-0.2, 0) is 12.7 Å². The van der Waals surface area contributed by atoms with Crippen LogP contribution in [0.1, 0.15) is 21.6 Å². The van der Waals surface area contributed by atoms with E-state index in [4.69, 9.17) is 4.74 Å². The molecule has 0 aliphatic heterocycles. The van der Waals surface area contributed by atoms with Crippen LogP contribution in [0.4, 0.5) is 18.9 Å². The maximum Gasteiger partial charge on any atom is 0.416 e. The van der Waals surface area contributed by atoms with Gasteiger partial charge < -0.3 is 10.1 Å². The number of benzene rings is 3. The molecule has 0 bridgehead atoms. The third kappa shape index (κ3) is 5.35. The maximum absolute atomic E-state index is 13.1. The Hall–Kier alpha value is -4.67. The number of non-ortho nitro benzene ring substituents is 1. The average Bonchev–Trinajstić information content (AvgIpc) is 3.33. The van der Waals surface area contributed by atoms with Crippen molar-refractivity contribution in [3.8, 4) is 22.7 Å². The molecule has 0 fully saturated rings. The van der Waals surface area contributed by atoms with Crippen LogP contribution in [-0.4, -0.2) is 27.7 Å². The highest BCUT2D eigenvalue weighted by molar-refractivity contribution is 5.94. The number of carbonyl (C=O) groups excluding carboxylic acids is 1. The summed E-state index contributed by atoms with van der Waals surface area (Å²) < 4.78 is 45.6. The van der Waals surface area contributed by atoms with E-state index >= 15 is 0 Å². The van der Waals surface area contributed by atoms with Crippen molar-refractivity contribution in [2.75, 3.05) is 7.11 Å². The Labute approximate surface area is 203 Å². The summed E-state index contributed by atoms with van der Waals surface area (Å²) in [5, 5.41) is 18.1. The number of nitro benzene ring substituents is 1. The maximum atomic E-state index is 13.1. The van der Waals surface area contributed by atoms with E-state index in [0.717, 1.165) is 12.1 Å². The van der Waals surface area contributed by atoms with Crippen LogP contribution in [0.15, 0.2) is 78.9 Å². The molecule has 184 valence electrons. The number of nitrogens with one attached hydrogen (secondary N) is 1. The lowest BCUT2D eigenvalue weighted by Crippen LogP contribution is -2.25. The summed E-state index contributed by atoms with van der Waals surface area (Å²) in [5.74, 6) is -0.0136. The molecule has 0 radical (unpaired) electrons. The molecule has 0 aliphatic carbocycles. The SMILES string of the molecule is COc1cccc(-c2cc(C(=O)NCc3cccc(C(F)(F)F)c3)n(-c3ccc([N+](=O)[O-])cc3)n2)c1. The van der Waals surface area contributed by atoms with Gasteiger partial charge in [0.1, 0.15) is 11.4 Å². The van der Waals surface area contributed by atoms with Gasteiger partial charge in [-0.05, 0) is 48.0 Å². The van der Waals surface area contributed by atoms with Gasteiger partial charge in [-0.2, -0.15) is 18.3 Å². The average molecular weight is 496 g/mol. The topological polar surface area (TPSA) is 99.3 Å². The van der Waals surface area contributed by atoms with Gasteiger partial charge in [0.05, 0.1) is 29.0 Å². The molecule has 11 heteroatoms. The lowest BCUT2D eigenvalue weighted by Gasteiger charge is -2.10. The number of alkyl halides is 3. The van der Waals surface area contributed by atoms with E-state index < -0.39 is 22.6 Å². The smallest absolute Gasteiger partial charge is 0.416 e. The van der Waals surface area contributed by atoms with Crippen LogP contribution in [0.5, 0.6) is 5.75 Å². The fraction of sp³-hybridized carbons (Fsp3) is 0.120. The summed E-state index contributed by atoms with van der Waals surface area (Å²) in [5.41, 5.74) is 0.888. The first-order valence-electron chi connectivity index (χ1n) is 10.6. The second-order valence-electron chi connectivity index (χ2n) is 7.71. The minimum absolute atomic E-state index is 0.0913. The number of rotatable bonds is 7. The largest absolute Gasteiger partial charge is 0.497 e. The van der Waals surface area contributed by atoms with Gasteiger partial charge in [0.2, 0.25) is 0 Å². The molecule has 1 heterocycles. The van der Waals surface area contributed by atoms with E-state index in [1.807, 2.05) is 0 Å². The fourth-order valence-electron chi connectivity index (χ4n) is 3.51. The highest BCUT2D eigenvalue weighted by Gasteiger charge is 2.30. The Morgan fingerprint density at radius 1 is 1.06 bits per heavy atom. The van der Waals surface area contributed by atoms with E-state index in [-0.39, 0.29) is 23.5 Å². The zero-order valence-electron chi connectivity index (χ0n) is 18.8. The number of hydrogen-bond donors (Lipinski definition) is 1. The molecule has 4 rings (SSSR count). The van der Waals surface area contributed by atoms with Crippen LogP contribution < -0.4 is 10.1 Å². The highest BCUT2D eigenvalue weighted by atomic mass is 19.4. The number of nitro groups is 1. The van der Waals surface area contributed by atoms with Crippen LogP contribution >= 0.6 is 0 Å². The molecule has 0 saturated heterocycles. The minimum atomic E-state index is -4.50. The van der Waals surface area contributed by atoms with Gasteiger partial charge in [0.15, 0.2) is 0 Å². The monoisotopic (exact) mass is 496 g/mol. The predicted octanol–water partition coefficient (Wildman–Crippen LogP) is 5.40. The first-order valence-corrected chi connectivity index (χ1v) is 10.6. The van der Waals surface area contributed by atoms with Crippen molar-refractivity contribution >= 4 is 11.6 Å². The number of nitrogens with zero attached hydrogens (tertiary/aromatic N) is 3. The first kappa shape index (κ1) is 24.5. The molecule has 1 N–H and O–H groups in total. The van der Waals surface area contributed by atoms with E-state index in [1.165, 1.54) is 54.3 Å². The number of carbonyl (C=O) groups is 1. The zero-order chi connectivity index (χ0) is 25.9. The summed E-state index contributed by atoms with van der Waals surface area (Å²) in [6, 6.07) is 18.7. The van der Waals surface area contributed by atoms with E-state index in [9.17, 15) is 28.1 Å². The van der Waals surface area contributed by atoms with Crippen LogP contribution in [0.25, 0.3) is 16.9 Å². The summed E-state index contributed by atoms with van der Waals surface area (Å²) in [6.07, 6.45) is -4.50. The van der Waals surface area contributed by atoms with Gasteiger partial charge >= 0.3 is 6.18 Å². The number of halogens is 3. The van der Waals surface area contributed by atoms with Crippen LogP contribution in [0.2, 0.25) is 0 Å². The van der Waals surface area contributed by atoms with Crippen LogP contribution in [0.3, 0.4) is 0 Å². The Bertz CT molecular complexity index is 1420. The molecule has 3 aromatic carbocycles. The Balaban J connectivity index is 1.67. The lowest BCUT2D eigenvalue weighted by molar-refractivity contribution is -0.384. The van der Waals surface area contributed by atoms with E-state index in [2.05, 4.69) is 10.4 Å². The lowest BCUT2D eigenvalue weighted by atomic mass is 10.1. The minimum Gasteiger partial charge on any atom is -0.497 e. The third-order valence-electron chi connectivity index (χ3n) is 5.32. The number of amides is 1. The molecular weight excluding hydrogens is 477 g/mol. The molecule has 1 aromatic heterocycles. The fourth-order valence-corrected chi connectivity index (χ4v) is 3.51. The molecule has 0 aliphatic rings. The molecule has 4 aromatic rings. The molecule has 1 amide bonds. The molecule has 0 unspecified atom stereocenters. The highest BCUT2D eigenvalue weighted by Crippen LogP contribution is 2.30. The van der Waals surface area contributed by atoms with Crippen molar-refractivity contribution in [3.05, 3.63) is 106 Å². The normalized spacial score (nSPS) is 11.2. The number of hydrogen-bond acceptors (Lipinski definition) is 5. The van der Waals surface area contributed by atoms with Crippen molar-refractivity contribution in [1.29, 1.82) is 0 Å². The van der Waals surface area contributed by atoms with Gasteiger partial charge in [0.25, 0.3) is 11.6 Å². The quantitative estimate of drug-likeness (QED) is 0.273. The van der Waals surface area contributed by atoms with Crippen molar-refractivity contribution in [3.63, 3.8) is 0 Å². The van der Waals surface area contributed by atoms with Crippen molar-refractivity contribution in [2.24, 2.45) is 0 Å². The van der Waals surface area contributed by atoms with E-state index in [0.29, 0.717) is 22.7 Å². The molecular formula is C25H19F3N4O4. The van der Waals surface area contributed by atoms with Gasteiger partial charge in [-0.1, -0.05) is 24.3 Å². The Kier molecular flexibility index (Phi) is 6.73. The molecule has 36 heavy (non-hydrogen) atoms. The van der Waals surface area contributed by atoms with Gasteiger partial charge in [0, 0.05) is 24.2 Å². The summed E-state index contributed by atoms with van der Waals surface area (Å²) >= 11 is 0. The summed E-state index contributed by atoms with van der Waals surface area (Å²) in [7, 11) is 1.52. The first-order chi connectivity index (χ1) is 17.2. The van der Waals surface area contributed by atoms with Gasteiger partial charge in [-0.3, -0.25) is 14.9 Å². The second kappa shape index (κ2) is 9.90. The van der Waals surface area contributed by atoms with Gasteiger partial charge in [-0.15, -0.1) is 0 Å². The standard InChI is InChI=1S/C25H19F3N4O4/c1-36-21-7-3-5-17(13-21)22-14-23(31(30-22)19-8-10-20(11-9-19)32(34)35)24(33)29-15-16-4-2-6-18(12-16)25(26,27)28/h2-14H,15H2,1H3,(H,29,33). The second-order valence-corrected chi connectivity index (χ2v) is 7.71. The van der Waals surface area contributed by atoms with Crippen molar-refractivity contribution < 1.29 is 27.6 Å². The van der Waals surface area contributed by atoms with E-state index in [1.54, 1.807) is 24.3 Å². The Morgan fingerprint density at radius 2 is 1.78 bits per heavy atom. The molecule has 8 nitrogen and oxygen atoms in total. The molecule has 0 atom stereocenters. The summed E-state index contributed by atoms with van der Waals surface area (Å²) in [4.78, 5) is 23.6. The summed E-state index contributed by atoms with van der Waals surface area (Å²) in [6.45, 7) is -0.150. The van der Waals surface area contributed by atoms with Crippen LogP contribution in [0, 0.1) is 10.1 Å². The van der Waals surface area contributed by atoms with Crippen molar-refractivity contribution in [2.45, 2.75) is 12.7 Å². The third-order valence-corrected chi connectivity index (χ3v) is 5.32. The zero-order valence-corrected chi connectivity index (χ0v) is 18.8. The number of methoxy groups -OCH3 is 1. The van der Waals surface area contributed by atoms with Gasteiger partial charge in [-0.25, -0.2) is 4.68 Å². The molecule has 0 spiro atoms. The molecule has 0 saturated carbocycles. The predicted molar refractivity (Wildman–Crippen MR) is 125 cm³/mol. The number of ether oxygens (including phenoxy) is 1. The Morgan fingerprint density at radius 3 is 2.44 bits per heavy atom.